The number of nitrogens with two attached hydrogens (primary N) is 1. The maximum Gasteiger partial charge on any atom is 0.224 e. The molecule has 2 rings (SSSR count). The van der Waals surface area contributed by atoms with Gasteiger partial charge in [0, 0.05) is 17.1 Å². The summed E-state index contributed by atoms with van der Waals surface area (Å²) in [4.78, 5) is 11.9. The molecule has 0 aliphatic carbocycles. The lowest BCUT2D eigenvalue weighted by atomic mass is 10.1. The average molecular weight is 309 g/mol. The molecule has 2 aromatic rings. The Morgan fingerprint density at radius 1 is 1.15 bits per heavy atom. The van der Waals surface area contributed by atoms with Crippen LogP contribution in [0, 0.1) is 0 Å². The Morgan fingerprint density at radius 2 is 1.95 bits per heavy atom. The SMILES string of the molecule is Nc1cccc(CCC(=O)Nc2ccc(Cl)cc2Cl)c1. The molecule has 3 nitrogen and oxygen atoms in total. The highest BCUT2D eigenvalue weighted by Crippen LogP contribution is 2.25. The molecule has 0 spiro atoms. The maximum atomic E-state index is 11.9. The second-order valence-electron chi connectivity index (χ2n) is 4.42. The van der Waals surface area contributed by atoms with Crippen molar-refractivity contribution >= 4 is 40.5 Å². The Bertz CT molecular complexity index is 629. The van der Waals surface area contributed by atoms with Crippen LogP contribution in [0.3, 0.4) is 0 Å². The molecule has 5 heteroatoms. The number of hydrogen-bond donors (Lipinski definition) is 2. The lowest BCUT2D eigenvalue weighted by Crippen LogP contribution is -2.12. The van der Waals surface area contributed by atoms with E-state index < -0.39 is 0 Å². The summed E-state index contributed by atoms with van der Waals surface area (Å²) in [7, 11) is 0. The molecule has 3 N–H and O–H groups in total. The third-order valence-electron chi connectivity index (χ3n) is 2.80. The largest absolute Gasteiger partial charge is 0.399 e. The number of nitrogen functional groups attached to an aromatic ring is 1. The molecular weight excluding hydrogens is 295 g/mol. The van der Waals surface area contributed by atoms with Gasteiger partial charge in [0.2, 0.25) is 5.91 Å². The van der Waals surface area contributed by atoms with Gasteiger partial charge in [0.05, 0.1) is 10.7 Å². The highest BCUT2D eigenvalue weighted by molar-refractivity contribution is 6.36. The molecule has 0 atom stereocenters. The molecular formula is C15H14Cl2N2O. The summed E-state index contributed by atoms with van der Waals surface area (Å²) in [6, 6.07) is 12.5. The fourth-order valence-electron chi connectivity index (χ4n) is 1.81. The molecule has 1 amide bonds. The molecule has 2 aromatic carbocycles. The minimum absolute atomic E-state index is 0.100. The highest BCUT2D eigenvalue weighted by atomic mass is 35.5. The van der Waals surface area contributed by atoms with Crippen LogP contribution in [0.2, 0.25) is 10.0 Å². The monoisotopic (exact) mass is 308 g/mol. The van der Waals surface area contributed by atoms with Crippen LogP contribution >= 0.6 is 23.2 Å². The quantitative estimate of drug-likeness (QED) is 0.834. The normalized spacial score (nSPS) is 10.3. The van der Waals surface area contributed by atoms with Gasteiger partial charge < -0.3 is 11.1 Å². The summed E-state index contributed by atoms with van der Waals surface area (Å²) in [5.41, 5.74) is 7.98. The summed E-state index contributed by atoms with van der Waals surface area (Å²) in [5, 5.41) is 3.72. The summed E-state index contributed by atoms with van der Waals surface area (Å²) < 4.78 is 0. The van der Waals surface area contributed by atoms with Crippen LogP contribution in [0.25, 0.3) is 0 Å². The zero-order chi connectivity index (χ0) is 14.5. The van der Waals surface area contributed by atoms with E-state index in [0.717, 1.165) is 5.56 Å². The van der Waals surface area contributed by atoms with E-state index in [-0.39, 0.29) is 5.91 Å². The lowest BCUT2D eigenvalue weighted by Gasteiger charge is -2.07. The number of amides is 1. The standard InChI is InChI=1S/C15H14Cl2N2O/c16-11-5-6-14(13(17)9-11)19-15(20)7-4-10-2-1-3-12(18)8-10/h1-3,5-6,8-9H,4,7,18H2,(H,19,20). The number of carbonyl (C=O) groups is 1. The van der Waals surface area contributed by atoms with Crippen LogP contribution in [0.1, 0.15) is 12.0 Å². The first kappa shape index (κ1) is 14.7. The van der Waals surface area contributed by atoms with Crippen LogP contribution in [-0.2, 0) is 11.2 Å². The molecule has 0 aliphatic rings. The van der Waals surface area contributed by atoms with Crippen molar-refractivity contribution in [3.8, 4) is 0 Å². The van der Waals surface area contributed by atoms with Crippen molar-refractivity contribution in [1.82, 2.24) is 0 Å². The Kier molecular flexibility index (Phi) is 4.88. The number of nitrogens with one attached hydrogen (secondary N) is 1. The van der Waals surface area contributed by atoms with E-state index in [0.29, 0.717) is 34.3 Å². The molecule has 0 saturated carbocycles. The Morgan fingerprint density at radius 3 is 2.65 bits per heavy atom. The molecule has 0 aromatic heterocycles. The molecule has 0 unspecified atom stereocenters. The van der Waals surface area contributed by atoms with Gasteiger partial charge in [-0.05, 0) is 42.3 Å². The van der Waals surface area contributed by atoms with Crippen LogP contribution in [0.15, 0.2) is 42.5 Å². The van der Waals surface area contributed by atoms with Gasteiger partial charge in [-0.2, -0.15) is 0 Å². The van der Waals surface area contributed by atoms with Crippen LogP contribution in [0.4, 0.5) is 11.4 Å². The number of rotatable bonds is 4. The Labute approximate surface area is 127 Å². The molecule has 0 fully saturated rings. The van der Waals surface area contributed by atoms with Crippen LogP contribution in [0.5, 0.6) is 0 Å². The highest BCUT2D eigenvalue weighted by Gasteiger charge is 2.07. The zero-order valence-corrected chi connectivity index (χ0v) is 12.2. The number of anilines is 2. The predicted octanol–water partition coefficient (Wildman–Crippen LogP) is 4.15. The summed E-state index contributed by atoms with van der Waals surface area (Å²) in [6.07, 6.45) is 0.991. The Balaban J connectivity index is 1.92. The van der Waals surface area contributed by atoms with Crippen LogP contribution < -0.4 is 11.1 Å². The predicted molar refractivity (Wildman–Crippen MR) is 84.3 cm³/mol. The van der Waals surface area contributed by atoms with E-state index in [4.69, 9.17) is 28.9 Å². The van der Waals surface area contributed by atoms with Gasteiger partial charge >= 0.3 is 0 Å². The lowest BCUT2D eigenvalue weighted by molar-refractivity contribution is -0.116. The van der Waals surface area contributed by atoms with E-state index in [1.54, 1.807) is 18.2 Å². The molecule has 0 heterocycles. The van der Waals surface area contributed by atoms with Crippen LogP contribution in [-0.4, -0.2) is 5.91 Å². The minimum Gasteiger partial charge on any atom is -0.399 e. The summed E-state index contributed by atoms with van der Waals surface area (Å²) in [6.45, 7) is 0. The maximum absolute atomic E-state index is 11.9. The number of benzene rings is 2. The van der Waals surface area contributed by atoms with Crippen molar-refractivity contribution < 1.29 is 4.79 Å². The second-order valence-corrected chi connectivity index (χ2v) is 5.26. The number of halogens is 2. The van der Waals surface area contributed by atoms with Gasteiger partial charge in [-0.1, -0.05) is 35.3 Å². The first-order valence-electron chi connectivity index (χ1n) is 6.14. The molecule has 0 saturated heterocycles. The number of hydrogen-bond acceptors (Lipinski definition) is 2. The minimum atomic E-state index is -0.100. The van der Waals surface area contributed by atoms with E-state index in [1.807, 2.05) is 24.3 Å². The number of carbonyl (C=O) groups excluding carboxylic acids is 1. The third kappa shape index (κ3) is 4.15. The van der Waals surface area contributed by atoms with Crippen molar-refractivity contribution in [3.05, 3.63) is 58.1 Å². The fraction of sp³-hybridized carbons (Fsp3) is 0.133. The zero-order valence-electron chi connectivity index (χ0n) is 10.7. The second kappa shape index (κ2) is 6.64. The van der Waals surface area contributed by atoms with E-state index in [1.165, 1.54) is 0 Å². The van der Waals surface area contributed by atoms with Gasteiger partial charge in [-0.25, -0.2) is 0 Å². The van der Waals surface area contributed by atoms with E-state index in [2.05, 4.69) is 5.32 Å². The topological polar surface area (TPSA) is 55.1 Å². The average Bonchev–Trinajstić information content (AvgIpc) is 2.40. The molecule has 104 valence electrons. The van der Waals surface area contributed by atoms with E-state index >= 15 is 0 Å². The van der Waals surface area contributed by atoms with Gasteiger partial charge in [0.1, 0.15) is 0 Å². The first-order valence-corrected chi connectivity index (χ1v) is 6.89. The van der Waals surface area contributed by atoms with Crippen molar-refractivity contribution in [2.24, 2.45) is 0 Å². The van der Waals surface area contributed by atoms with E-state index in [9.17, 15) is 4.79 Å². The van der Waals surface area contributed by atoms with Gasteiger partial charge in [-0.15, -0.1) is 0 Å². The van der Waals surface area contributed by atoms with Crippen molar-refractivity contribution in [2.75, 3.05) is 11.1 Å². The van der Waals surface area contributed by atoms with Crippen molar-refractivity contribution in [2.45, 2.75) is 12.8 Å². The molecule has 20 heavy (non-hydrogen) atoms. The molecule has 0 radical (unpaired) electrons. The number of aryl methyl sites for hydroxylation is 1. The summed E-state index contributed by atoms with van der Waals surface area (Å²) >= 11 is 11.8. The summed E-state index contributed by atoms with van der Waals surface area (Å²) in [5.74, 6) is -0.100. The molecule has 0 bridgehead atoms. The van der Waals surface area contributed by atoms with Gasteiger partial charge in [-0.3, -0.25) is 4.79 Å². The Hall–Kier alpha value is -1.71. The van der Waals surface area contributed by atoms with Gasteiger partial charge in [0.15, 0.2) is 0 Å². The first-order chi connectivity index (χ1) is 9.54. The smallest absolute Gasteiger partial charge is 0.224 e. The van der Waals surface area contributed by atoms with Crippen molar-refractivity contribution in [1.29, 1.82) is 0 Å². The molecule has 0 aliphatic heterocycles. The fourth-order valence-corrected chi connectivity index (χ4v) is 2.27. The third-order valence-corrected chi connectivity index (χ3v) is 3.34. The van der Waals surface area contributed by atoms with Gasteiger partial charge in [0.25, 0.3) is 0 Å². The van der Waals surface area contributed by atoms with Crippen molar-refractivity contribution in [3.63, 3.8) is 0 Å².